The minimum Gasteiger partial charge on any atom is -0.300 e. The molecule has 0 saturated heterocycles. The average molecular weight is 367 g/mol. The normalized spacial score (nSPS) is 12.2. The zero-order valence-electron chi connectivity index (χ0n) is 10.3. The van der Waals surface area contributed by atoms with E-state index in [2.05, 4.69) is 4.72 Å². The third-order valence-electron chi connectivity index (χ3n) is 2.47. The number of anilines is 1. The van der Waals surface area contributed by atoms with Gasteiger partial charge < -0.3 is 0 Å². The lowest BCUT2D eigenvalue weighted by atomic mass is 10.3. The summed E-state index contributed by atoms with van der Waals surface area (Å²) in [5.74, 6) is 0. The zero-order chi connectivity index (χ0) is 14.7. The molecule has 1 N–H and O–H groups in total. The summed E-state index contributed by atoms with van der Waals surface area (Å²) in [5, 5.41) is 1.38. The smallest absolute Gasteiger partial charge is 0.150 e. The molecule has 1 unspecified atom stereocenters. The fourth-order valence-corrected chi connectivity index (χ4v) is 3.55. The summed E-state index contributed by atoms with van der Waals surface area (Å²) in [6.45, 7) is 0. The molecule has 2 aromatic carbocycles. The monoisotopic (exact) mass is 365 g/mol. The van der Waals surface area contributed by atoms with E-state index in [1.165, 1.54) is 0 Å². The molecule has 2 aromatic rings. The van der Waals surface area contributed by atoms with Crippen LogP contribution in [0.3, 0.4) is 0 Å². The first-order valence-corrected chi connectivity index (χ1v) is 8.99. The van der Waals surface area contributed by atoms with E-state index in [1.54, 1.807) is 42.1 Å². The van der Waals surface area contributed by atoms with Crippen molar-refractivity contribution in [3.63, 3.8) is 0 Å². The summed E-state index contributed by atoms with van der Waals surface area (Å²) in [4.78, 5) is 1.51. The van der Waals surface area contributed by atoms with E-state index in [-0.39, 0.29) is 0 Å². The molecule has 0 saturated carbocycles. The van der Waals surface area contributed by atoms with Gasteiger partial charge in [0.15, 0.2) is 0 Å². The summed E-state index contributed by atoms with van der Waals surface area (Å²) in [7, 11) is -1.44. The molecule has 0 bridgehead atoms. The molecule has 0 fully saturated rings. The van der Waals surface area contributed by atoms with Gasteiger partial charge in [0.25, 0.3) is 0 Å². The van der Waals surface area contributed by atoms with E-state index in [0.717, 1.165) is 10.6 Å². The van der Waals surface area contributed by atoms with Gasteiger partial charge >= 0.3 is 0 Å². The molecule has 0 aliphatic heterocycles. The predicted octanol–water partition coefficient (Wildman–Crippen LogP) is 5.50. The first kappa shape index (κ1) is 16.0. The van der Waals surface area contributed by atoms with E-state index < -0.39 is 11.0 Å². The lowest BCUT2D eigenvalue weighted by molar-refractivity contribution is 0.686. The first-order chi connectivity index (χ1) is 9.51. The highest BCUT2D eigenvalue weighted by atomic mass is 35.5. The first-order valence-electron chi connectivity index (χ1n) is 5.48. The second kappa shape index (κ2) is 7.05. The van der Waals surface area contributed by atoms with Crippen molar-refractivity contribution in [2.24, 2.45) is 0 Å². The largest absolute Gasteiger partial charge is 0.300 e. The van der Waals surface area contributed by atoms with E-state index in [0.29, 0.717) is 20.0 Å². The van der Waals surface area contributed by atoms with Gasteiger partial charge in [-0.3, -0.25) is 4.72 Å². The van der Waals surface area contributed by atoms with Crippen LogP contribution in [0.1, 0.15) is 0 Å². The Morgan fingerprint density at radius 2 is 1.80 bits per heavy atom. The third kappa shape index (κ3) is 3.83. The van der Waals surface area contributed by atoms with Crippen LogP contribution in [0.5, 0.6) is 0 Å². The van der Waals surface area contributed by atoms with Crippen LogP contribution in [-0.4, -0.2) is 10.5 Å². The molecule has 0 aromatic heterocycles. The fourth-order valence-electron chi connectivity index (χ4n) is 1.51. The molecule has 2 rings (SSSR count). The lowest BCUT2D eigenvalue weighted by Crippen LogP contribution is -2.05. The Labute approximate surface area is 139 Å². The molecule has 1 atom stereocenters. The number of nitrogens with one attached hydrogen (secondary N) is 1. The Morgan fingerprint density at radius 1 is 1.05 bits per heavy atom. The van der Waals surface area contributed by atoms with E-state index in [4.69, 9.17) is 34.8 Å². The number of halogens is 3. The van der Waals surface area contributed by atoms with Gasteiger partial charge in [-0.15, -0.1) is 11.8 Å². The van der Waals surface area contributed by atoms with Gasteiger partial charge in [-0.2, -0.15) is 0 Å². The second-order valence-electron chi connectivity index (χ2n) is 3.79. The Bertz CT molecular complexity index is 664. The van der Waals surface area contributed by atoms with Crippen molar-refractivity contribution in [2.45, 2.75) is 9.79 Å². The highest BCUT2D eigenvalue weighted by Gasteiger charge is 2.10. The van der Waals surface area contributed by atoms with Crippen LogP contribution in [0.15, 0.2) is 46.2 Å². The summed E-state index contributed by atoms with van der Waals surface area (Å²) in [6.07, 6.45) is 1.94. The summed E-state index contributed by atoms with van der Waals surface area (Å²) >= 11 is 19.3. The molecule has 2 nitrogen and oxygen atoms in total. The Balaban J connectivity index is 2.27. The number of hydrogen-bond donors (Lipinski definition) is 1. The van der Waals surface area contributed by atoms with Gasteiger partial charge in [-0.25, -0.2) is 4.21 Å². The molecule has 7 heteroatoms. The quantitative estimate of drug-likeness (QED) is 0.723. The number of benzene rings is 2. The number of hydrogen-bond acceptors (Lipinski definition) is 2. The standard InChI is InChI=1S/C13H10Cl3NOS2/c1-19-13-5-2-8(14)6-12(13)17-20(18)9-3-4-10(15)11(16)7-9/h2-7,17H,1H3. The minimum atomic E-state index is -1.44. The van der Waals surface area contributed by atoms with Gasteiger partial charge in [-0.1, -0.05) is 34.8 Å². The van der Waals surface area contributed by atoms with Crippen molar-refractivity contribution < 1.29 is 4.21 Å². The van der Waals surface area contributed by atoms with Crippen LogP contribution in [0.25, 0.3) is 0 Å². The number of thioether (sulfide) groups is 1. The predicted molar refractivity (Wildman–Crippen MR) is 89.7 cm³/mol. The Kier molecular flexibility index (Phi) is 5.64. The van der Waals surface area contributed by atoms with Crippen LogP contribution in [-0.2, 0) is 11.0 Å². The maximum Gasteiger partial charge on any atom is 0.150 e. The molecule has 0 spiro atoms. The van der Waals surface area contributed by atoms with Crippen LogP contribution >= 0.6 is 46.6 Å². The van der Waals surface area contributed by atoms with Gasteiger partial charge in [-0.05, 0) is 42.7 Å². The number of rotatable bonds is 4. The zero-order valence-corrected chi connectivity index (χ0v) is 14.2. The van der Waals surface area contributed by atoms with Crippen molar-refractivity contribution in [3.8, 4) is 0 Å². The summed E-state index contributed by atoms with van der Waals surface area (Å²) in [6, 6.07) is 10.3. The topological polar surface area (TPSA) is 29.1 Å². The Hall–Kier alpha value is -0.390. The van der Waals surface area contributed by atoms with Crippen LogP contribution < -0.4 is 4.72 Å². The van der Waals surface area contributed by atoms with E-state index in [9.17, 15) is 4.21 Å². The van der Waals surface area contributed by atoms with E-state index in [1.807, 2.05) is 12.3 Å². The van der Waals surface area contributed by atoms with Crippen LogP contribution in [0.4, 0.5) is 5.69 Å². The third-order valence-corrected chi connectivity index (χ3v) is 5.33. The minimum absolute atomic E-state index is 0.371. The summed E-state index contributed by atoms with van der Waals surface area (Å²) in [5.41, 5.74) is 0.717. The molecule has 0 aliphatic carbocycles. The van der Waals surface area contributed by atoms with Crippen molar-refractivity contribution in [1.82, 2.24) is 0 Å². The molecule has 0 radical (unpaired) electrons. The van der Waals surface area contributed by atoms with Crippen LogP contribution in [0.2, 0.25) is 15.1 Å². The lowest BCUT2D eigenvalue weighted by Gasteiger charge is -2.11. The summed E-state index contributed by atoms with van der Waals surface area (Å²) < 4.78 is 15.2. The molecule has 0 heterocycles. The molecular weight excluding hydrogens is 357 g/mol. The van der Waals surface area contributed by atoms with E-state index >= 15 is 0 Å². The van der Waals surface area contributed by atoms with Crippen LogP contribution in [0, 0.1) is 0 Å². The molecule has 0 aliphatic rings. The SMILES string of the molecule is CSc1ccc(Cl)cc1NS(=O)c1ccc(Cl)c(Cl)c1. The highest BCUT2D eigenvalue weighted by molar-refractivity contribution is 7.98. The molecule has 106 valence electrons. The average Bonchev–Trinajstić information content (AvgIpc) is 2.42. The fraction of sp³-hybridized carbons (Fsp3) is 0.0769. The van der Waals surface area contributed by atoms with Gasteiger partial charge in [0.1, 0.15) is 11.0 Å². The van der Waals surface area contributed by atoms with Gasteiger partial charge in [0.05, 0.1) is 20.6 Å². The van der Waals surface area contributed by atoms with Crippen molar-refractivity contribution >= 4 is 63.2 Å². The van der Waals surface area contributed by atoms with Crippen molar-refractivity contribution in [1.29, 1.82) is 0 Å². The molecule has 20 heavy (non-hydrogen) atoms. The van der Waals surface area contributed by atoms with Gasteiger partial charge in [0.2, 0.25) is 0 Å². The van der Waals surface area contributed by atoms with Crippen molar-refractivity contribution in [2.75, 3.05) is 11.0 Å². The second-order valence-corrected chi connectivity index (χ2v) is 7.10. The highest BCUT2D eigenvalue weighted by Crippen LogP contribution is 2.30. The molecular formula is C13H10Cl3NOS2. The van der Waals surface area contributed by atoms with Gasteiger partial charge in [0, 0.05) is 9.92 Å². The maximum atomic E-state index is 12.3. The van der Waals surface area contributed by atoms with Crippen molar-refractivity contribution in [3.05, 3.63) is 51.5 Å². The molecule has 0 amide bonds. The maximum absolute atomic E-state index is 12.3. The Morgan fingerprint density at radius 3 is 2.45 bits per heavy atom.